The molecule has 10 nitrogen and oxygen atoms in total. The highest BCUT2D eigenvalue weighted by Gasteiger charge is 2.45. The summed E-state index contributed by atoms with van der Waals surface area (Å²) in [6.45, 7) is 3.63. The van der Waals surface area contributed by atoms with Crippen molar-refractivity contribution in [3.05, 3.63) is 41.5 Å². The number of unbranched alkanes of at least 4 members (excludes halogenated alkanes) is 1. The van der Waals surface area contributed by atoms with Crippen molar-refractivity contribution < 1.29 is 23.1 Å². The van der Waals surface area contributed by atoms with Crippen LogP contribution in [0.4, 0.5) is 0 Å². The summed E-state index contributed by atoms with van der Waals surface area (Å²) < 4.78 is 33.4. The van der Waals surface area contributed by atoms with E-state index in [1.807, 2.05) is 6.92 Å². The standard InChI is InChI=1S/C19H27N5O5S/c1-6-7-12-19(20-3,17-21-13(2)22-18(23-17)29-5)24(4)30(27,28)15-11-9-8-10-14(15)16(25)26/h8-11,20H,6-7,12H2,1-5H3,(H,25,26). The van der Waals surface area contributed by atoms with Gasteiger partial charge in [-0.3, -0.25) is 5.32 Å². The van der Waals surface area contributed by atoms with E-state index in [4.69, 9.17) is 4.74 Å². The number of ether oxygens (including phenoxy) is 1. The number of carboxylic acids is 1. The second-order valence-corrected chi connectivity index (χ2v) is 8.62. The normalized spacial score (nSPS) is 13.8. The lowest BCUT2D eigenvalue weighted by molar-refractivity contribution is 0.0692. The number of nitrogens with one attached hydrogen (secondary N) is 1. The van der Waals surface area contributed by atoms with E-state index in [9.17, 15) is 18.3 Å². The summed E-state index contributed by atoms with van der Waals surface area (Å²) in [5.74, 6) is -0.796. The highest BCUT2D eigenvalue weighted by molar-refractivity contribution is 7.89. The third kappa shape index (κ3) is 4.42. The van der Waals surface area contributed by atoms with Crippen molar-refractivity contribution in [1.82, 2.24) is 24.6 Å². The summed E-state index contributed by atoms with van der Waals surface area (Å²) in [5.41, 5.74) is -1.66. The molecule has 0 amide bonds. The van der Waals surface area contributed by atoms with Crippen molar-refractivity contribution in [3.63, 3.8) is 0 Å². The molecule has 1 aromatic heterocycles. The van der Waals surface area contributed by atoms with Gasteiger partial charge >= 0.3 is 12.0 Å². The first-order valence-electron chi connectivity index (χ1n) is 9.41. The Morgan fingerprint density at radius 3 is 2.50 bits per heavy atom. The van der Waals surface area contributed by atoms with Gasteiger partial charge in [0.25, 0.3) is 0 Å². The van der Waals surface area contributed by atoms with Crippen LogP contribution >= 0.6 is 0 Å². The highest BCUT2D eigenvalue weighted by atomic mass is 32.2. The first kappa shape index (κ1) is 23.6. The van der Waals surface area contributed by atoms with Gasteiger partial charge in [-0.15, -0.1) is 0 Å². The fraction of sp³-hybridized carbons (Fsp3) is 0.474. The largest absolute Gasteiger partial charge is 0.478 e. The predicted octanol–water partition coefficient (Wildman–Crippen LogP) is 1.77. The van der Waals surface area contributed by atoms with E-state index in [0.29, 0.717) is 18.7 Å². The van der Waals surface area contributed by atoms with Gasteiger partial charge in [-0.1, -0.05) is 31.9 Å². The molecule has 0 aliphatic carbocycles. The number of carboxylic acid groups (broad SMARTS) is 1. The molecule has 0 fully saturated rings. The minimum absolute atomic E-state index is 0.0605. The first-order valence-corrected chi connectivity index (χ1v) is 10.9. The van der Waals surface area contributed by atoms with E-state index in [-0.39, 0.29) is 22.3 Å². The number of aromatic carboxylic acids is 1. The molecule has 2 aromatic rings. The van der Waals surface area contributed by atoms with E-state index in [1.165, 1.54) is 38.4 Å². The summed E-state index contributed by atoms with van der Waals surface area (Å²) in [6.07, 6.45) is 1.80. The molecule has 0 spiro atoms. The molecular weight excluding hydrogens is 410 g/mol. The predicted molar refractivity (Wildman–Crippen MR) is 110 cm³/mol. The molecule has 1 unspecified atom stereocenters. The molecule has 2 rings (SSSR count). The Hall–Kier alpha value is -2.63. The van der Waals surface area contributed by atoms with Gasteiger partial charge in [0.15, 0.2) is 5.82 Å². The summed E-state index contributed by atoms with van der Waals surface area (Å²) in [6, 6.07) is 5.55. The second-order valence-electron chi connectivity index (χ2n) is 6.68. The molecule has 0 bridgehead atoms. The molecule has 30 heavy (non-hydrogen) atoms. The van der Waals surface area contributed by atoms with E-state index < -0.39 is 21.7 Å². The first-order chi connectivity index (χ1) is 14.1. The molecule has 0 saturated carbocycles. The zero-order valence-corrected chi connectivity index (χ0v) is 18.5. The van der Waals surface area contributed by atoms with Crippen molar-refractivity contribution >= 4 is 16.0 Å². The average Bonchev–Trinajstić information content (AvgIpc) is 2.73. The van der Waals surface area contributed by atoms with Crippen LogP contribution in [0.25, 0.3) is 0 Å². The summed E-state index contributed by atoms with van der Waals surface area (Å²) in [7, 11) is 0.153. The van der Waals surface area contributed by atoms with E-state index >= 15 is 0 Å². The number of nitrogens with zero attached hydrogens (tertiary/aromatic N) is 4. The van der Waals surface area contributed by atoms with Gasteiger partial charge in [-0.2, -0.15) is 14.3 Å². The Balaban J connectivity index is 2.73. The number of carbonyl (C=O) groups is 1. The van der Waals surface area contributed by atoms with Crippen LogP contribution in [0.3, 0.4) is 0 Å². The van der Waals surface area contributed by atoms with E-state index in [0.717, 1.165) is 10.7 Å². The molecule has 164 valence electrons. The molecule has 1 heterocycles. The van der Waals surface area contributed by atoms with Crippen molar-refractivity contribution in [2.75, 3.05) is 21.2 Å². The molecule has 0 saturated heterocycles. The van der Waals surface area contributed by atoms with Gasteiger partial charge in [0.2, 0.25) is 10.0 Å². The molecule has 11 heteroatoms. The topological polar surface area (TPSA) is 135 Å². The van der Waals surface area contributed by atoms with Crippen LogP contribution in [-0.4, -0.2) is 60.0 Å². The minimum Gasteiger partial charge on any atom is -0.478 e. The number of methoxy groups -OCH3 is 1. The molecule has 0 aliphatic rings. The lowest BCUT2D eigenvalue weighted by Crippen LogP contribution is -2.56. The van der Waals surface area contributed by atoms with E-state index in [1.54, 1.807) is 14.0 Å². The molecule has 1 atom stereocenters. The number of sulfonamides is 1. The molecule has 0 aliphatic heterocycles. The summed E-state index contributed by atoms with van der Waals surface area (Å²) in [5, 5.41) is 12.5. The zero-order chi connectivity index (χ0) is 22.5. The average molecular weight is 438 g/mol. The third-order valence-electron chi connectivity index (χ3n) is 4.88. The number of hydrogen-bond acceptors (Lipinski definition) is 8. The van der Waals surface area contributed by atoms with Gasteiger partial charge < -0.3 is 9.84 Å². The maximum absolute atomic E-state index is 13.6. The van der Waals surface area contributed by atoms with Crippen LogP contribution < -0.4 is 10.1 Å². The SMILES string of the molecule is CCCCC(NC)(c1nc(C)nc(OC)n1)N(C)S(=O)(=O)c1ccccc1C(=O)O. The number of hydrogen-bond donors (Lipinski definition) is 2. The van der Waals surface area contributed by atoms with Gasteiger partial charge in [0, 0.05) is 7.05 Å². The number of rotatable bonds is 10. The van der Waals surface area contributed by atoms with Crippen LogP contribution in [0.2, 0.25) is 0 Å². The molecule has 0 radical (unpaired) electrons. The quantitative estimate of drug-likeness (QED) is 0.533. The van der Waals surface area contributed by atoms with Gasteiger partial charge in [0.05, 0.1) is 17.6 Å². The second kappa shape index (κ2) is 9.45. The van der Waals surface area contributed by atoms with Gasteiger partial charge in [0.1, 0.15) is 11.5 Å². The molecule has 1 aromatic carbocycles. The van der Waals surface area contributed by atoms with Gasteiger partial charge in [-0.05, 0) is 32.5 Å². The number of aryl methyl sites for hydroxylation is 1. The van der Waals surface area contributed by atoms with Crippen molar-refractivity contribution in [2.24, 2.45) is 0 Å². The smallest absolute Gasteiger partial charge is 0.337 e. The Morgan fingerprint density at radius 2 is 1.93 bits per heavy atom. The maximum atomic E-state index is 13.6. The Bertz CT molecular complexity index is 1010. The fourth-order valence-electron chi connectivity index (χ4n) is 3.19. The maximum Gasteiger partial charge on any atom is 0.337 e. The fourth-order valence-corrected chi connectivity index (χ4v) is 4.84. The van der Waals surface area contributed by atoms with Crippen LogP contribution in [0, 0.1) is 6.92 Å². The van der Waals surface area contributed by atoms with Gasteiger partial charge in [-0.25, -0.2) is 18.2 Å². The monoisotopic (exact) mass is 437 g/mol. The molecular formula is C19H27N5O5S. The summed E-state index contributed by atoms with van der Waals surface area (Å²) >= 11 is 0. The van der Waals surface area contributed by atoms with E-state index in [2.05, 4.69) is 20.3 Å². The van der Waals surface area contributed by atoms with Crippen molar-refractivity contribution in [3.8, 4) is 6.01 Å². The number of benzene rings is 1. The van der Waals surface area contributed by atoms with Crippen LogP contribution in [-0.2, 0) is 15.7 Å². The van der Waals surface area contributed by atoms with Crippen LogP contribution in [0.15, 0.2) is 29.2 Å². The lowest BCUT2D eigenvalue weighted by Gasteiger charge is -2.39. The Morgan fingerprint density at radius 1 is 1.27 bits per heavy atom. The van der Waals surface area contributed by atoms with Crippen LogP contribution in [0.1, 0.15) is 48.2 Å². The Labute approximate surface area is 176 Å². The highest BCUT2D eigenvalue weighted by Crippen LogP contribution is 2.34. The van der Waals surface area contributed by atoms with Crippen molar-refractivity contribution in [2.45, 2.75) is 43.7 Å². The summed E-state index contributed by atoms with van der Waals surface area (Å²) in [4.78, 5) is 24.1. The number of aromatic nitrogens is 3. The Kier molecular flexibility index (Phi) is 7.45. The van der Waals surface area contributed by atoms with Crippen molar-refractivity contribution in [1.29, 1.82) is 0 Å². The lowest BCUT2D eigenvalue weighted by atomic mass is 10.0. The van der Waals surface area contributed by atoms with Crippen LogP contribution in [0.5, 0.6) is 6.01 Å². The molecule has 2 N–H and O–H groups in total. The minimum atomic E-state index is -4.25. The zero-order valence-electron chi connectivity index (χ0n) is 17.7. The third-order valence-corrected chi connectivity index (χ3v) is 6.82.